The van der Waals surface area contributed by atoms with Crippen molar-refractivity contribution in [2.24, 2.45) is 5.84 Å². The first-order valence-electron chi connectivity index (χ1n) is 3.32. The van der Waals surface area contributed by atoms with Crippen LogP contribution in [0.15, 0.2) is 10.9 Å². The molecule has 1 heterocycles. The third kappa shape index (κ3) is 2.54. The van der Waals surface area contributed by atoms with Gasteiger partial charge in [0, 0.05) is 13.0 Å². The minimum absolute atomic E-state index is 0.419. The number of hydrogen-bond acceptors (Lipinski definition) is 5. The van der Waals surface area contributed by atoms with Crippen LogP contribution in [0.1, 0.15) is 5.82 Å². The summed E-state index contributed by atoms with van der Waals surface area (Å²) in [6.07, 6.45) is 1.75. The van der Waals surface area contributed by atoms with Crippen molar-refractivity contribution in [1.29, 1.82) is 0 Å². The van der Waals surface area contributed by atoms with E-state index in [1.54, 1.807) is 0 Å². The van der Waals surface area contributed by atoms with Gasteiger partial charge in [-0.05, 0) is 0 Å². The monoisotopic (exact) mass is 171 g/mol. The summed E-state index contributed by atoms with van der Waals surface area (Å²) in [5, 5.41) is 6.02. The molecule has 0 saturated carbocycles. The molecule has 7 nitrogen and oxygen atoms in total. The molecule has 4 N–H and O–H groups in total. The summed E-state index contributed by atoms with van der Waals surface area (Å²) in [5.74, 6) is 5.37. The highest BCUT2D eigenvalue weighted by molar-refractivity contribution is 5.72. The van der Waals surface area contributed by atoms with Crippen molar-refractivity contribution in [3.63, 3.8) is 0 Å². The summed E-state index contributed by atoms with van der Waals surface area (Å²) in [5.41, 5.74) is 1.93. The van der Waals surface area contributed by atoms with Crippen molar-refractivity contribution < 1.29 is 9.32 Å². The lowest BCUT2D eigenvalue weighted by Gasteiger charge is -2.00. The van der Waals surface area contributed by atoms with Gasteiger partial charge < -0.3 is 9.84 Å². The summed E-state index contributed by atoms with van der Waals surface area (Å²) in [6, 6.07) is -0.432. The first-order chi connectivity index (χ1) is 5.83. The molecule has 0 bridgehead atoms. The van der Waals surface area contributed by atoms with E-state index in [9.17, 15) is 4.79 Å². The molecule has 7 heteroatoms. The Morgan fingerprint density at radius 2 is 2.58 bits per heavy atom. The molecule has 0 aliphatic heterocycles. The molecule has 0 saturated heterocycles. The average molecular weight is 171 g/mol. The van der Waals surface area contributed by atoms with Gasteiger partial charge in [-0.2, -0.15) is 4.98 Å². The highest BCUT2D eigenvalue weighted by atomic mass is 16.5. The van der Waals surface area contributed by atoms with Crippen LogP contribution in [0.5, 0.6) is 0 Å². The highest BCUT2D eigenvalue weighted by Gasteiger charge is 1.99. The van der Waals surface area contributed by atoms with Gasteiger partial charge in [0.25, 0.3) is 0 Å². The number of nitrogens with zero attached hydrogens (tertiary/aromatic N) is 2. The van der Waals surface area contributed by atoms with Gasteiger partial charge in [0.05, 0.1) is 0 Å². The normalized spacial score (nSPS) is 9.42. The third-order valence-electron chi connectivity index (χ3n) is 1.17. The molecular formula is C5H9N5O2. The number of nitrogens with two attached hydrogens (primary N) is 1. The molecule has 0 atom stereocenters. The zero-order valence-corrected chi connectivity index (χ0v) is 6.28. The molecule has 0 aliphatic rings. The molecule has 1 rings (SSSR count). The van der Waals surface area contributed by atoms with E-state index in [1.807, 2.05) is 5.43 Å². The summed E-state index contributed by atoms with van der Waals surface area (Å²) < 4.78 is 4.48. The van der Waals surface area contributed by atoms with E-state index in [0.717, 1.165) is 0 Å². The zero-order valence-electron chi connectivity index (χ0n) is 6.28. The van der Waals surface area contributed by atoms with E-state index in [0.29, 0.717) is 18.8 Å². The Hall–Kier alpha value is -1.63. The maximum Gasteiger partial charge on any atom is 0.328 e. The molecule has 12 heavy (non-hydrogen) atoms. The van der Waals surface area contributed by atoms with Gasteiger partial charge in [-0.15, -0.1) is 0 Å². The number of hydrogen-bond donors (Lipinski definition) is 3. The van der Waals surface area contributed by atoms with Gasteiger partial charge in [-0.3, -0.25) is 5.43 Å². The fourth-order valence-corrected chi connectivity index (χ4v) is 0.641. The summed E-state index contributed by atoms with van der Waals surface area (Å²) >= 11 is 0. The van der Waals surface area contributed by atoms with Crippen LogP contribution < -0.4 is 16.6 Å². The number of hydrazine groups is 1. The van der Waals surface area contributed by atoms with Crippen molar-refractivity contribution in [1.82, 2.24) is 20.9 Å². The number of aromatic nitrogens is 2. The van der Waals surface area contributed by atoms with Gasteiger partial charge in [-0.1, -0.05) is 5.16 Å². The topological polar surface area (TPSA) is 106 Å². The van der Waals surface area contributed by atoms with E-state index in [2.05, 4.69) is 20.0 Å². The molecule has 2 amide bonds. The predicted molar refractivity (Wildman–Crippen MR) is 38.7 cm³/mol. The van der Waals surface area contributed by atoms with Crippen LogP contribution >= 0.6 is 0 Å². The highest BCUT2D eigenvalue weighted by Crippen LogP contribution is 1.87. The van der Waals surface area contributed by atoms with Crippen molar-refractivity contribution in [3.8, 4) is 0 Å². The number of carbonyl (C=O) groups is 1. The predicted octanol–water partition coefficient (Wildman–Crippen LogP) is -1.22. The molecule has 0 aromatic carbocycles. The van der Waals surface area contributed by atoms with E-state index in [-0.39, 0.29) is 0 Å². The number of nitrogens with one attached hydrogen (secondary N) is 2. The fourth-order valence-electron chi connectivity index (χ4n) is 0.641. The fraction of sp³-hybridized carbons (Fsp3) is 0.400. The second-order valence-electron chi connectivity index (χ2n) is 2.00. The third-order valence-corrected chi connectivity index (χ3v) is 1.17. The van der Waals surface area contributed by atoms with Crippen LogP contribution in [0, 0.1) is 0 Å². The summed E-state index contributed by atoms with van der Waals surface area (Å²) in [7, 11) is 0. The summed E-state index contributed by atoms with van der Waals surface area (Å²) in [4.78, 5) is 14.3. The Kier molecular flexibility index (Phi) is 3.03. The van der Waals surface area contributed by atoms with E-state index in [4.69, 9.17) is 5.84 Å². The number of amides is 2. The molecule has 0 aliphatic carbocycles. The SMILES string of the molecule is NNC(=O)NCCc1ncon1. The largest absolute Gasteiger partial charge is 0.343 e. The first-order valence-corrected chi connectivity index (χ1v) is 3.32. The second-order valence-corrected chi connectivity index (χ2v) is 2.00. The first kappa shape index (κ1) is 8.47. The number of carbonyl (C=O) groups excluding carboxylic acids is 1. The van der Waals surface area contributed by atoms with Crippen molar-refractivity contribution >= 4 is 6.03 Å². The lowest BCUT2D eigenvalue weighted by atomic mass is 10.4. The quantitative estimate of drug-likeness (QED) is 0.300. The maximum atomic E-state index is 10.5. The van der Waals surface area contributed by atoms with Gasteiger partial charge in [0.1, 0.15) is 0 Å². The van der Waals surface area contributed by atoms with Crippen LogP contribution in [-0.2, 0) is 6.42 Å². The maximum absolute atomic E-state index is 10.5. The van der Waals surface area contributed by atoms with Crippen molar-refractivity contribution in [2.75, 3.05) is 6.54 Å². The van der Waals surface area contributed by atoms with E-state index in [1.165, 1.54) is 6.39 Å². The van der Waals surface area contributed by atoms with Crippen molar-refractivity contribution in [3.05, 3.63) is 12.2 Å². The molecular weight excluding hydrogens is 162 g/mol. The van der Waals surface area contributed by atoms with E-state index < -0.39 is 6.03 Å². The van der Waals surface area contributed by atoms with Crippen LogP contribution in [0.2, 0.25) is 0 Å². The zero-order chi connectivity index (χ0) is 8.81. The van der Waals surface area contributed by atoms with Gasteiger partial charge in [-0.25, -0.2) is 10.6 Å². The Morgan fingerprint density at radius 3 is 3.17 bits per heavy atom. The lowest BCUT2D eigenvalue weighted by Crippen LogP contribution is -2.40. The number of rotatable bonds is 3. The second kappa shape index (κ2) is 4.29. The van der Waals surface area contributed by atoms with Crippen LogP contribution in [-0.4, -0.2) is 22.7 Å². The standard InChI is InChI=1S/C5H9N5O2/c6-9-5(11)7-2-1-4-8-3-12-10-4/h3H,1-2,6H2,(H2,7,9,11). The molecule has 0 radical (unpaired) electrons. The number of urea groups is 1. The molecule has 1 aromatic heterocycles. The Labute approximate surface area is 68.3 Å². The Bertz CT molecular complexity index is 234. The Balaban J connectivity index is 2.15. The molecule has 1 aromatic rings. The molecule has 66 valence electrons. The van der Waals surface area contributed by atoms with Crippen LogP contribution in [0.3, 0.4) is 0 Å². The van der Waals surface area contributed by atoms with Gasteiger partial charge in [0.15, 0.2) is 5.82 Å². The van der Waals surface area contributed by atoms with Crippen molar-refractivity contribution in [2.45, 2.75) is 6.42 Å². The molecule has 0 spiro atoms. The molecule has 0 fully saturated rings. The average Bonchev–Trinajstić information content (AvgIpc) is 2.57. The molecule has 0 unspecified atom stereocenters. The van der Waals surface area contributed by atoms with E-state index >= 15 is 0 Å². The smallest absolute Gasteiger partial charge is 0.328 e. The minimum Gasteiger partial charge on any atom is -0.343 e. The minimum atomic E-state index is -0.432. The van der Waals surface area contributed by atoms with Crippen LogP contribution in [0.25, 0.3) is 0 Å². The summed E-state index contributed by atoms with van der Waals surface area (Å²) in [6.45, 7) is 0.419. The van der Waals surface area contributed by atoms with Gasteiger partial charge in [0.2, 0.25) is 6.39 Å². The van der Waals surface area contributed by atoms with Gasteiger partial charge >= 0.3 is 6.03 Å². The Morgan fingerprint density at radius 1 is 1.75 bits per heavy atom. The van der Waals surface area contributed by atoms with Crippen LogP contribution in [0.4, 0.5) is 4.79 Å². The lowest BCUT2D eigenvalue weighted by molar-refractivity contribution is 0.241.